The van der Waals surface area contributed by atoms with Crippen LogP contribution in [-0.2, 0) is 6.42 Å². The monoisotopic (exact) mass is 248 g/mol. The molecule has 2 aromatic rings. The molecule has 0 spiro atoms. The van der Waals surface area contributed by atoms with Gasteiger partial charge in [0, 0.05) is 29.9 Å². The summed E-state index contributed by atoms with van der Waals surface area (Å²) in [6, 6.07) is 3.45. The lowest BCUT2D eigenvalue weighted by atomic mass is 10.3. The van der Waals surface area contributed by atoms with Crippen molar-refractivity contribution in [3.63, 3.8) is 0 Å². The number of pyridine rings is 1. The van der Waals surface area contributed by atoms with Crippen LogP contribution in [0.3, 0.4) is 0 Å². The zero-order valence-corrected chi connectivity index (χ0v) is 9.91. The zero-order valence-electron chi connectivity index (χ0n) is 9.09. The van der Waals surface area contributed by atoms with Gasteiger partial charge in [0.25, 0.3) is 5.91 Å². The smallest absolute Gasteiger partial charge is 0.275 e. The third kappa shape index (κ3) is 3.08. The fraction of sp³-hybridized carbons (Fsp3) is 0.182. The molecule has 5 nitrogen and oxygen atoms in total. The predicted molar refractivity (Wildman–Crippen MR) is 67.1 cm³/mol. The molecule has 0 aliphatic rings. The van der Waals surface area contributed by atoms with Crippen molar-refractivity contribution in [2.45, 2.75) is 6.42 Å². The van der Waals surface area contributed by atoms with E-state index in [2.05, 4.69) is 15.3 Å². The van der Waals surface area contributed by atoms with E-state index in [1.165, 1.54) is 11.3 Å². The molecular weight excluding hydrogens is 236 g/mol. The first-order chi connectivity index (χ1) is 8.29. The van der Waals surface area contributed by atoms with E-state index in [-0.39, 0.29) is 5.91 Å². The van der Waals surface area contributed by atoms with Crippen LogP contribution in [0.15, 0.2) is 29.9 Å². The Kier molecular flexibility index (Phi) is 3.79. The molecule has 0 bridgehead atoms. The highest BCUT2D eigenvalue weighted by atomic mass is 32.1. The minimum Gasteiger partial charge on any atom is -0.330 e. The maximum atomic E-state index is 11.8. The van der Waals surface area contributed by atoms with Crippen molar-refractivity contribution >= 4 is 22.9 Å². The van der Waals surface area contributed by atoms with Crippen molar-refractivity contribution in [1.82, 2.24) is 9.97 Å². The van der Waals surface area contributed by atoms with Crippen molar-refractivity contribution in [1.29, 1.82) is 0 Å². The number of aromatic nitrogens is 2. The number of rotatable bonds is 4. The number of nitrogens with two attached hydrogens (primary N) is 1. The number of hydrogen-bond acceptors (Lipinski definition) is 5. The average molecular weight is 248 g/mol. The summed E-state index contributed by atoms with van der Waals surface area (Å²) in [6.45, 7) is 0.541. The Morgan fingerprint density at radius 1 is 1.41 bits per heavy atom. The molecule has 3 N–H and O–H groups in total. The first kappa shape index (κ1) is 11.7. The molecule has 88 valence electrons. The Bertz CT molecular complexity index is 497. The lowest BCUT2D eigenvalue weighted by Crippen LogP contribution is -2.12. The lowest BCUT2D eigenvalue weighted by Gasteiger charge is -2.01. The van der Waals surface area contributed by atoms with E-state index in [0.29, 0.717) is 24.3 Å². The van der Waals surface area contributed by atoms with Crippen LogP contribution in [0, 0.1) is 0 Å². The van der Waals surface area contributed by atoms with Gasteiger partial charge >= 0.3 is 0 Å². The van der Waals surface area contributed by atoms with Gasteiger partial charge in [-0.05, 0) is 18.7 Å². The van der Waals surface area contributed by atoms with Crippen LogP contribution in [0.1, 0.15) is 15.5 Å². The quantitative estimate of drug-likeness (QED) is 0.854. The lowest BCUT2D eigenvalue weighted by molar-refractivity contribution is 0.102. The molecule has 2 heterocycles. The topological polar surface area (TPSA) is 80.9 Å². The average Bonchev–Trinajstić information content (AvgIpc) is 2.79. The molecule has 17 heavy (non-hydrogen) atoms. The highest BCUT2D eigenvalue weighted by Crippen LogP contribution is 2.12. The van der Waals surface area contributed by atoms with Crippen LogP contribution < -0.4 is 11.1 Å². The highest BCUT2D eigenvalue weighted by Gasteiger charge is 2.10. The number of thiazole rings is 1. The first-order valence-electron chi connectivity index (χ1n) is 5.15. The van der Waals surface area contributed by atoms with E-state index in [9.17, 15) is 4.79 Å². The van der Waals surface area contributed by atoms with Crippen LogP contribution in [0.25, 0.3) is 0 Å². The van der Waals surface area contributed by atoms with E-state index < -0.39 is 0 Å². The molecule has 0 aliphatic heterocycles. The third-order valence-electron chi connectivity index (χ3n) is 2.08. The summed E-state index contributed by atoms with van der Waals surface area (Å²) in [5.41, 5.74) is 6.56. The number of amides is 1. The second kappa shape index (κ2) is 5.51. The summed E-state index contributed by atoms with van der Waals surface area (Å²) in [4.78, 5) is 19.9. The zero-order chi connectivity index (χ0) is 12.1. The van der Waals surface area contributed by atoms with Crippen LogP contribution in [0.2, 0.25) is 0 Å². The maximum Gasteiger partial charge on any atom is 0.275 e. The van der Waals surface area contributed by atoms with E-state index in [0.717, 1.165) is 5.01 Å². The summed E-state index contributed by atoms with van der Waals surface area (Å²) in [7, 11) is 0. The van der Waals surface area contributed by atoms with Gasteiger partial charge in [0.1, 0.15) is 5.69 Å². The van der Waals surface area contributed by atoms with E-state index in [4.69, 9.17) is 5.73 Å². The van der Waals surface area contributed by atoms with Gasteiger partial charge in [0.2, 0.25) is 0 Å². The van der Waals surface area contributed by atoms with Gasteiger partial charge in [-0.25, -0.2) is 4.98 Å². The fourth-order valence-electron chi connectivity index (χ4n) is 1.28. The van der Waals surface area contributed by atoms with Crippen LogP contribution in [0.4, 0.5) is 5.69 Å². The summed E-state index contributed by atoms with van der Waals surface area (Å²) in [5.74, 6) is -0.212. The number of nitrogens with zero attached hydrogens (tertiary/aromatic N) is 2. The van der Waals surface area contributed by atoms with Gasteiger partial charge in [-0.15, -0.1) is 11.3 Å². The van der Waals surface area contributed by atoms with E-state index in [1.54, 1.807) is 29.9 Å². The number of anilines is 1. The molecule has 0 saturated heterocycles. The molecule has 1 amide bonds. The molecule has 0 unspecified atom stereocenters. The first-order valence-corrected chi connectivity index (χ1v) is 6.03. The Balaban J connectivity index is 2.04. The highest BCUT2D eigenvalue weighted by molar-refractivity contribution is 7.09. The number of carbonyl (C=O) groups is 1. The Hall–Kier alpha value is -1.79. The molecule has 0 aliphatic carbocycles. The molecule has 0 atom stereocenters. The number of nitrogens with one attached hydrogen (secondary N) is 1. The second-order valence-electron chi connectivity index (χ2n) is 3.36. The Morgan fingerprint density at radius 3 is 2.88 bits per heavy atom. The van der Waals surface area contributed by atoms with Crippen LogP contribution in [-0.4, -0.2) is 22.4 Å². The Labute approximate surface area is 103 Å². The van der Waals surface area contributed by atoms with Crippen LogP contribution in [0.5, 0.6) is 0 Å². The molecule has 0 fully saturated rings. The molecule has 2 aromatic heterocycles. The SMILES string of the molecule is NCCc1nc(C(=O)Nc2ccncc2)cs1. The summed E-state index contributed by atoms with van der Waals surface area (Å²) in [5, 5.41) is 5.37. The van der Waals surface area contributed by atoms with Gasteiger partial charge in [0.05, 0.1) is 5.01 Å². The van der Waals surface area contributed by atoms with Crippen molar-refractivity contribution < 1.29 is 4.79 Å². The van der Waals surface area contributed by atoms with Gasteiger partial charge in [0.15, 0.2) is 0 Å². The summed E-state index contributed by atoms with van der Waals surface area (Å²) >= 11 is 1.45. The van der Waals surface area contributed by atoms with E-state index >= 15 is 0 Å². The molecule has 0 aromatic carbocycles. The van der Waals surface area contributed by atoms with Gasteiger partial charge in [-0.2, -0.15) is 0 Å². The molecular formula is C11H12N4OS. The number of carbonyl (C=O) groups excluding carboxylic acids is 1. The van der Waals surface area contributed by atoms with Crippen molar-refractivity contribution in [2.24, 2.45) is 5.73 Å². The van der Waals surface area contributed by atoms with Gasteiger partial charge in [-0.1, -0.05) is 0 Å². The number of hydrogen-bond donors (Lipinski definition) is 2. The molecule has 0 radical (unpaired) electrons. The van der Waals surface area contributed by atoms with Crippen molar-refractivity contribution in [2.75, 3.05) is 11.9 Å². The van der Waals surface area contributed by atoms with E-state index in [1.807, 2.05) is 0 Å². The Morgan fingerprint density at radius 2 is 2.18 bits per heavy atom. The predicted octanol–water partition coefficient (Wildman–Crippen LogP) is 1.29. The second-order valence-corrected chi connectivity index (χ2v) is 4.30. The third-order valence-corrected chi connectivity index (χ3v) is 2.99. The van der Waals surface area contributed by atoms with Crippen LogP contribution >= 0.6 is 11.3 Å². The molecule has 2 rings (SSSR count). The largest absolute Gasteiger partial charge is 0.330 e. The fourth-order valence-corrected chi connectivity index (χ4v) is 2.08. The van der Waals surface area contributed by atoms with Gasteiger partial charge in [-0.3, -0.25) is 9.78 Å². The van der Waals surface area contributed by atoms with Crippen molar-refractivity contribution in [3.8, 4) is 0 Å². The maximum absolute atomic E-state index is 11.8. The minimum absolute atomic E-state index is 0.212. The standard InChI is InChI=1S/C11H12N4OS/c12-4-1-10-15-9(7-17-10)11(16)14-8-2-5-13-6-3-8/h2-3,5-7H,1,4,12H2,(H,13,14,16). The molecule has 0 saturated carbocycles. The van der Waals surface area contributed by atoms with Gasteiger partial charge < -0.3 is 11.1 Å². The summed E-state index contributed by atoms with van der Waals surface area (Å²) < 4.78 is 0. The normalized spacial score (nSPS) is 10.2. The van der Waals surface area contributed by atoms with Crippen molar-refractivity contribution in [3.05, 3.63) is 40.6 Å². The minimum atomic E-state index is -0.212. The summed E-state index contributed by atoms with van der Waals surface area (Å²) in [6.07, 6.45) is 3.94. The molecule has 6 heteroatoms.